The second-order valence-electron chi connectivity index (χ2n) is 11.1. The number of hydrogen-bond acceptors (Lipinski definition) is 7. The molecule has 5 aromatic rings. The third-order valence-corrected chi connectivity index (χ3v) is 10.2. The third kappa shape index (κ3) is 7.89. The number of nitrogens with one attached hydrogen (secondary N) is 3. The van der Waals surface area contributed by atoms with Crippen molar-refractivity contribution in [3.63, 3.8) is 0 Å². The van der Waals surface area contributed by atoms with E-state index in [-0.39, 0.29) is 11.6 Å². The van der Waals surface area contributed by atoms with Crippen LogP contribution in [0.4, 0.5) is 10.7 Å². The number of nitrogens with zero attached hydrogens (tertiary/aromatic N) is 2. The van der Waals surface area contributed by atoms with Crippen LogP contribution in [0, 0.1) is 11.3 Å². The number of rotatable bonds is 10. The quantitative estimate of drug-likeness (QED) is 0.103. The van der Waals surface area contributed by atoms with Gasteiger partial charge in [0.2, 0.25) is 5.91 Å². The highest BCUT2D eigenvalue weighted by atomic mass is 32.2. The summed E-state index contributed by atoms with van der Waals surface area (Å²) in [6, 6.07) is 31.2. The van der Waals surface area contributed by atoms with Gasteiger partial charge in [0, 0.05) is 33.4 Å². The Morgan fingerprint density at radius 3 is 2.42 bits per heavy atom. The van der Waals surface area contributed by atoms with Gasteiger partial charge < -0.3 is 16.0 Å². The Bertz CT molecular complexity index is 2000. The average molecular weight is 670 g/mol. The highest BCUT2D eigenvalue weighted by Crippen LogP contribution is 2.41. The first-order valence-corrected chi connectivity index (χ1v) is 17.1. The second kappa shape index (κ2) is 15.4. The number of fused-ring (bicyclic) bond motifs is 1. The fourth-order valence-electron chi connectivity index (χ4n) is 5.40. The maximum atomic E-state index is 13.9. The lowest BCUT2D eigenvalue weighted by atomic mass is 9.96. The lowest BCUT2D eigenvalue weighted by Gasteiger charge is -2.17. The Kier molecular flexibility index (Phi) is 10.4. The zero-order valence-corrected chi connectivity index (χ0v) is 27.4. The number of nitriles is 1. The highest BCUT2D eigenvalue weighted by molar-refractivity contribution is 8.00. The maximum Gasteiger partial charge on any atom is 0.272 e. The van der Waals surface area contributed by atoms with Gasteiger partial charge in [-0.15, -0.1) is 23.1 Å². The van der Waals surface area contributed by atoms with Crippen LogP contribution in [0.3, 0.4) is 0 Å². The van der Waals surface area contributed by atoms with Gasteiger partial charge in [0.15, 0.2) is 0 Å². The van der Waals surface area contributed by atoms with E-state index in [2.05, 4.69) is 27.0 Å². The van der Waals surface area contributed by atoms with Crippen molar-refractivity contribution in [2.45, 2.75) is 35.8 Å². The van der Waals surface area contributed by atoms with Crippen LogP contribution in [0.1, 0.15) is 55.6 Å². The molecule has 8 nitrogen and oxygen atoms in total. The Labute approximate surface area is 286 Å². The number of benzene rings is 3. The molecule has 238 valence electrons. The summed E-state index contributed by atoms with van der Waals surface area (Å²) in [6.07, 6.45) is 8.70. The summed E-state index contributed by atoms with van der Waals surface area (Å²) in [7, 11) is 0. The minimum Gasteiger partial charge on any atom is -0.321 e. The molecule has 0 saturated heterocycles. The van der Waals surface area contributed by atoms with E-state index in [1.807, 2.05) is 42.5 Å². The van der Waals surface area contributed by atoms with Crippen LogP contribution in [-0.2, 0) is 22.4 Å². The molecule has 3 aromatic carbocycles. The molecule has 1 aliphatic carbocycles. The van der Waals surface area contributed by atoms with Crippen molar-refractivity contribution >= 4 is 57.6 Å². The van der Waals surface area contributed by atoms with Gasteiger partial charge in [-0.05, 0) is 84.8 Å². The van der Waals surface area contributed by atoms with E-state index >= 15 is 0 Å². The van der Waals surface area contributed by atoms with E-state index in [0.717, 1.165) is 41.7 Å². The molecule has 2 aromatic heterocycles. The summed E-state index contributed by atoms with van der Waals surface area (Å²) in [5.41, 5.74) is 4.02. The van der Waals surface area contributed by atoms with Crippen LogP contribution in [0.2, 0.25) is 0 Å². The predicted octanol–water partition coefficient (Wildman–Crippen LogP) is 7.78. The summed E-state index contributed by atoms with van der Waals surface area (Å²) >= 11 is 2.84. The molecule has 1 unspecified atom stereocenters. The van der Waals surface area contributed by atoms with Crippen LogP contribution >= 0.6 is 23.1 Å². The van der Waals surface area contributed by atoms with Gasteiger partial charge in [-0.3, -0.25) is 19.4 Å². The van der Waals surface area contributed by atoms with Gasteiger partial charge in [0.05, 0.1) is 5.56 Å². The van der Waals surface area contributed by atoms with Crippen molar-refractivity contribution in [1.82, 2.24) is 10.3 Å². The molecule has 0 saturated carbocycles. The van der Waals surface area contributed by atoms with Crippen molar-refractivity contribution < 1.29 is 14.4 Å². The normalized spacial score (nSPS) is 13.0. The van der Waals surface area contributed by atoms with E-state index < -0.39 is 17.1 Å². The minimum absolute atomic E-state index is 0.0448. The zero-order chi connectivity index (χ0) is 33.3. The van der Waals surface area contributed by atoms with Crippen LogP contribution in [-0.4, -0.2) is 22.7 Å². The number of hydrogen-bond donors (Lipinski definition) is 3. The van der Waals surface area contributed by atoms with E-state index in [9.17, 15) is 19.6 Å². The smallest absolute Gasteiger partial charge is 0.272 e. The van der Waals surface area contributed by atoms with Crippen molar-refractivity contribution in [2.24, 2.45) is 0 Å². The Morgan fingerprint density at radius 2 is 1.67 bits per heavy atom. The molecule has 1 aliphatic rings. The number of aryl methyl sites for hydroxylation is 1. The summed E-state index contributed by atoms with van der Waals surface area (Å²) in [6.45, 7) is 0. The molecule has 6 rings (SSSR count). The summed E-state index contributed by atoms with van der Waals surface area (Å²) < 4.78 is 0. The van der Waals surface area contributed by atoms with Crippen molar-refractivity contribution in [1.29, 1.82) is 5.26 Å². The number of carbonyl (C=O) groups is 3. The van der Waals surface area contributed by atoms with Gasteiger partial charge in [-0.1, -0.05) is 60.7 Å². The Hall–Kier alpha value is -5.50. The number of carbonyl (C=O) groups excluding carboxylic acids is 3. The van der Waals surface area contributed by atoms with Gasteiger partial charge in [-0.2, -0.15) is 5.26 Å². The van der Waals surface area contributed by atoms with Gasteiger partial charge in [0.1, 0.15) is 22.0 Å². The molecule has 0 aliphatic heterocycles. The molecule has 2 heterocycles. The topological polar surface area (TPSA) is 124 Å². The maximum absolute atomic E-state index is 13.9. The third-order valence-electron chi connectivity index (χ3n) is 7.73. The molecule has 48 heavy (non-hydrogen) atoms. The number of amides is 3. The van der Waals surface area contributed by atoms with Gasteiger partial charge in [-0.25, -0.2) is 0 Å². The zero-order valence-electron chi connectivity index (χ0n) is 25.8. The molecule has 0 spiro atoms. The molecule has 3 amide bonds. The van der Waals surface area contributed by atoms with Gasteiger partial charge >= 0.3 is 0 Å². The fourth-order valence-corrected chi connectivity index (χ4v) is 7.73. The number of thioether (sulfide) groups is 1. The monoisotopic (exact) mass is 669 g/mol. The molecule has 0 radical (unpaired) electrons. The lowest BCUT2D eigenvalue weighted by Crippen LogP contribution is -2.30. The highest BCUT2D eigenvalue weighted by Gasteiger charge is 2.27. The van der Waals surface area contributed by atoms with Crippen molar-refractivity contribution in [3.8, 4) is 6.07 Å². The van der Waals surface area contributed by atoms with Crippen molar-refractivity contribution in [3.05, 3.63) is 148 Å². The standard InChI is InChI=1S/C38H31N5O3S2/c39-23-31-30-18-7-8-19-33(30)48-38(31)43-37(46)34(26-12-3-1-4-13-26)47-29-17-9-16-28(22-29)41-36(45)32(21-25-11-10-20-40-24-25)42-35(44)27-14-5-2-6-15-27/h1-6,9-17,20-22,24,34H,7-8,18-19H2,(H,41,45)(H,42,44)(H,43,46)/b32-21-. The first-order chi connectivity index (χ1) is 23.5. The molecule has 10 heteroatoms. The molecule has 0 bridgehead atoms. The molecule has 3 N–H and O–H groups in total. The largest absolute Gasteiger partial charge is 0.321 e. The molecule has 0 fully saturated rings. The first kappa shape index (κ1) is 32.4. The lowest BCUT2D eigenvalue weighted by molar-refractivity contribution is -0.116. The SMILES string of the molecule is N#Cc1c(NC(=O)C(Sc2cccc(NC(=O)/C(=C/c3cccnc3)NC(=O)c3ccccc3)c2)c2ccccc2)sc2c1CCCC2. The number of aromatic nitrogens is 1. The molecular weight excluding hydrogens is 639 g/mol. The molecular formula is C38H31N5O3S2. The van der Waals surface area contributed by atoms with E-state index in [0.29, 0.717) is 27.4 Å². The number of pyridine rings is 1. The van der Waals surface area contributed by atoms with Gasteiger partial charge in [0.25, 0.3) is 11.8 Å². The van der Waals surface area contributed by atoms with Crippen molar-refractivity contribution in [2.75, 3.05) is 10.6 Å². The van der Waals surface area contributed by atoms with Crippen LogP contribution in [0.5, 0.6) is 0 Å². The summed E-state index contributed by atoms with van der Waals surface area (Å²) in [5.74, 6) is -1.18. The van der Waals surface area contributed by atoms with E-state index in [4.69, 9.17) is 0 Å². The Balaban J connectivity index is 1.23. The Morgan fingerprint density at radius 1 is 0.896 bits per heavy atom. The summed E-state index contributed by atoms with van der Waals surface area (Å²) in [5, 5.41) is 18.6. The molecule has 1 atom stereocenters. The predicted molar refractivity (Wildman–Crippen MR) is 191 cm³/mol. The number of thiophene rings is 1. The summed E-state index contributed by atoms with van der Waals surface area (Å²) in [4.78, 5) is 46.5. The van der Waals surface area contributed by atoms with Crippen LogP contribution < -0.4 is 16.0 Å². The first-order valence-electron chi connectivity index (χ1n) is 15.4. The second-order valence-corrected chi connectivity index (χ2v) is 13.4. The van der Waals surface area contributed by atoms with E-state index in [1.165, 1.54) is 28.0 Å². The minimum atomic E-state index is -0.631. The van der Waals surface area contributed by atoms with Crippen LogP contribution in [0.15, 0.2) is 120 Å². The van der Waals surface area contributed by atoms with Crippen LogP contribution in [0.25, 0.3) is 6.08 Å². The fraction of sp³-hybridized carbons (Fsp3) is 0.132. The van der Waals surface area contributed by atoms with E-state index in [1.54, 1.807) is 73.1 Å². The average Bonchev–Trinajstić information content (AvgIpc) is 3.48. The number of anilines is 2.